The maximum absolute atomic E-state index is 11.7. The van der Waals surface area contributed by atoms with E-state index in [4.69, 9.17) is 16.7 Å². The van der Waals surface area contributed by atoms with Gasteiger partial charge in [0.15, 0.2) is 0 Å². The fourth-order valence-electron chi connectivity index (χ4n) is 1.33. The Morgan fingerprint density at radius 1 is 1.26 bits per heavy atom. The lowest BCUT2D eigenvalue weighted by molar-refractivity contribution is -0.122. The van der Waals surface area contributed by atoms with E-state index in [1.165, 1.54) is 0 Å². The number of amides is 2. The highest BCUT2D eigenvalue weighted by Crippen LogP contribution is 2.09. The quantitative estimate of drug-likeness (QED) is 0.753. The van der Waals surface area contributed by atoms with E-state index in [1.54, 1.807) is 38.1 Å². The SMILES string of the molecule is CC(C)(CO)NC(=O)CNC(=O)c1ccc(Cl)cc1. The number of aliphatic hydroxyl groups is 1. The maximum atomic E-state index is 11.7. The van der Waals surface area contributed by atoms with E-state index in [0.717, 1.165) is 0 Å². The Hall–Kier alpha value is -1.59. The summed E-state index contributed by atoms with van der Waals surface area (Å²) in [5.74, 6) is -0.713. The number of carbonyl (C=O) groups excluding carboxylic acids is 2. The minimum absolute atomic E-state index is 0.148. The average molecular weight is 285 g/mol. The second-order valence-electron chi connectivity index (χ2n) is 4.78. The van der Waals surface area contributed by atoms with E-state index >= 15 is 0 Å². The Morgan fingerprint density at radius 2 is 1.84 bits per heavy atom. The summed E-state index contributed by atoms with van der Waals surface area (Å²) in [5.41, 5.74) is -0.277. The van der Waals surface area contributed by atoms with E-state index in [-0.39, 0.29) is 25.0 Å². The number of hydrogen-bond acceptors (Lipinski definition) is 3. The van der Waals surface area contributed by atoms with Crippen LogP contribution >= 0.6 is 11.6 Å². The summed E-state index contributed by atoms with van der Waals surface area (Å²) in [4.78, 5) is 23.3. The zero-order valence-electron chi connectivity index (χ0n) is 10.9. The van der Waals surface area contributed by atoms with E-state index in [9.17, 15) is 9.59 Å². The van der Waals surface area contributed by atoms with Crippen molar-refractivity contribution < 1.29 is 14.7 Å². The second-order valence-corrected chi connectivity index (χ2v) is 5.22. The Morgan fingerprint density at radius 3 is 2.37 bits per heavy atom. The van der Waals surface area contributed by atoms with E-state index in [1.807, 2.05) is 0 Å². The van der Waals surface area contributed by atoms with Gasteiger partial charge in [-0.1, -0.05) is 11.6 Å². The number of nitrogens with one attached hydrogen (secondary N) is 2. The van der Waals surface area contributed by atoms with E-state index < -0.39 is 5.54 Å². The maximum Gasteiger partial charge on any atom is 0.251 e. The van der Waals surface area contributed by atoms with Crippen LogP contribution in [0.1, 0.15) is 24.2 Å². The molecule has 3 N–H and O–H groups in total. The fraction of sp³-hybridized carbons (Fsp3) is 0.385. The van der Waals surface area contributed by atoms with Gasteiger partial charge in [0.1, 0.15) is 0 Å². The summed E-state index contributed by atoms with van der Waals surface area (Å²) in [6, 6.07) is 6.36. The summed E-state index contributed by atoms with van der Waals surface area (Å²) in [6.45, 7) is 3.05. The van der Waals surface area contributed by atoms with Crippen LogP contribution in [0.15, 0.2) is 24.3 Å². The molecular weight excluding hydrogens is 268 g/mol. The molecule has 0 aliphatic rings. The molecular formula is C13H17ClN2O3. The van der Waals surface area contributed by atoms with Gasteiger partial charge >= 0.3 is 0 Å². The van der Waals surface area contributed by atoms with Gasteiger partial charge < -0.3 is 15.7 Å². The molecule has 0 atom stereocenters. The van der Waals surface area contributed by atoms with Crippen molar-refractivity contribution in [3.8, 4) is 0 Å². The number of carbonyl (C=O) groups is 2. The van der Waals surface area contributed by atoms with Crippen LogP contribution in [0.5, 0.6) is 0 Å². The fourth-order valence-corrected chi connectivity index (χ4v) is 1.45. The van der Waals surface area contributed by atoms with E-state index in [0.29, 0.717) is 10.6 Å². The Labute approximate surface area is 117 Å². The van der Waals surface area contributed by atoms with Crippen LogP contribution in [0.3, 0.4) is 0 Å². The molecule has 0 bridgehead atoms. The van der Waals surface area contributed by atoms with Gasteiger partial charge in [0, 0.05) is 10.6 Å². The molecule has 0 unspecified atom stereocenters. The topological polar surface area (TPSA) is 78.4 Å². The van der Waals surface area contributed by atoms with Crippen molar-refractivity contribution in [2.45, 2.75) is 19.4 Å². The smallest absolute Gasteiger partial charge is 0.251 e. The van der Waals surface area contributed by atoms with Crippen molar-refractivity contribution in [1.29, 1.82) is 0 Å². The molecule has 1 rings (SSSR count). The normalized spacial score (nSPS) is 10.9. The molecule has 104 valence electrons. The van der Waals surface area contributed by atoms with Gasteiger partial charge in [-0.05, 0) is 38.1 Å². The van der Waals surface area contributed by atoms with Gasteiger partial charge in [0.2, 0.25) is 5.91 Å². The first-order chi connectivity index (χ1) is 8.84. The van der Waals surface area contributed by atoms with Crippen LogP contribution < -0.4 is 10.6 Å². The van der Waals surface area contributed by atoms with E-state index in [2.05, 4.69) is 10.6 Å². The van der Waals surface area contributed by atoms with Gasteiger partial charge in [0.25, 0.3) is 5.91 Å². The molecule has 0 saturated heterocycles. The predicted octanol–water partition coefficient (Wildman–Crippen LogP) is 0.957. The first-order valence-electron chi connectivity index (χ1n) is 5.80. The van der Waals surface area contributed by atoms with Gasteiger partial charge in [0.05, 0.1) is 18.7 Å². The highest BCUT2D eigenvalue weighted by atomic mass is 35.5. The zero-order valence-corrected chi connectivity index (χ0v) is 11.6. The minimum Gasteiger partial charge on any atom is -0.394 e. The summed E-state index contributed by atoms with van der Waals surface area (Å²) in [7, 11) is 0. The lowest BCUT2D eigenvalue weighted by atomic mass is 10.1. The Bertz CT molecular complexity index is 457. The highest BCUT2D eigenvalue weighted by molar-refractivity contribution is 6.30. The van der Waals surface area contributed by atoms with Crippen molar-refractivity contribution in [3.63, 3.8) is 0 Å². The zero-order chi connectivity index (χ0) is 14.5. The van der Waals surface area contributed by atoms with Crippen molar-refractivity contribution in [2.75, 3.05) is 13.2 Å². The number of halogens is 1. The molecule has 6 heteroatoms. The molecule has 0 fully saturated rings. The third-order valence-corrected chi connectivity index (χ3v) is 2.64. The Balaban J connectivity index is 2.46. The molecule has 1 aromatic carbocycles. The third-order valence-electron chi connectivity index (χ3n) is 2.39. The lowest BCUT2D eigenvalue weighted by Gasteiger charge is -2.23. The summed E-state index contributed by atoms with van der Waals surface area (Å²) >= 11 is 5.71. The third kappa shape index (κ3) is 5.28. The molecule has 0 heterocycles. The van der Waals surface area contributed by atoms with Gasteiger partial charge in [-0.3, -0.25) is 9.59 Å². The molecule has 0 aliphatic heterocycles. The monoisotopic (exact) mass is 284 g/mol. The van der Waals surface area contributed by atoms with Crippen LogP contribution in [0, 0.1) is 0 Å². The molecule has 0 aliphatic carbocycles. The molecule has 0 spiro atoms. The van der Waals surface area contributed by atoms with Gasteiger partial charge in [-0.25, -0.2) is 0 Å². The standard InChI is InChI=1S/C13H17ClN2O3/c1-13(2,8-17)16-11(18)7-15-12(19)9-3-5-10(14)6-4-9/h3-6,17H,7-8H2,1-2H3,(H,15,19)(H,16,18). The molecule has 0 saturated carbocycles. The number of hydrogen-bond donors (Lipinski definition) is 3. The molecule has 1 aromatic rings. The first kappa shape index (κ1) is 15.5. The first-order valence-corrected chi connectivity index (χ1v) is 6.17. The van der Waals surface area contributed by atoms with Crippen LogP contribution in [0.2, 0.25) is 5.02 Å². The van der Waals surface area contributed by atoms with Crippen molar-refractivity contribution in [3.05, 3.63) is 34.9 Å². The average Bonchev–Trinajstić information content (AvgIpc) is 2.36. The second kappa shape index (κ2) is 6.54. The summed E-state index contributed by atoms with van der Waals surface area (Å²) in [5, 5.41) is 14.6. The number of rotatable bonds is 5. The van der Waals surface area contributed by atoms with Crippen molar-refractivity contribution in [2.24, 2.45) is 0 Å². The number of benzene rings is 1. The summed E-state index contributed by atoms with van der Waals surface area (Å²) in [6.07, 6.45) is 0. The van der Waals surface area contributed by atoms with Crippen LogP contribution in [-0.4, -0.2) is 35.6 Å². The lowest BCUT2D eigenvalue weighted by Crippen LogP contribution is -2.49. The van der Waals surface area contributed by atoms with Crippen LogP contribution in [0.25, 0.3) is 0 Å². The minimum atomic E-state index is -0.706. The van der Waals surface area contributed by atoms with Crippen LogP contribution in [0.4, 0.5) is 0 Å². The molecule has 5 nitrogen and oxygen atoms in total. The Kier molecular flexibility index (Phi) is 5.32. The molecule has 2 amide bonds. The molecule has 0 radical (unpaired) electrons. The van der Waals surface area contributed by atoms with Gasteiger partial charge in [-0.15, -0.1) is 0 Å². The highest BCUT2D eigenvalue weighted by Gasteiger charge is 2.19. The van der Waals surface area contributed by atoms with Gasteiger partial charge in [-0.2, -0.15) is 0 Å². The molecule has 0 aromatic heterocycles. The van der Waals surface area contributed by atoms with Crippen molar-refractivity contribution >= 4 is 23.4 Å². The largest absolute Gasteiger partial charge is 0.394 e. The number of aliphatic hydroxyl groups excluding tert-OH is 1. The summed E-state index contributed by atoms with van der Waals surface area (Å²) < 4.78 is 0. The van der Waals surface area contributed by atoms with Crippen LogP contribution in [-0.2, 0) is 4.79 Å². The van der Waals surface area contributed by atoms with Crippen molar-refractivity contribution in [1.82, 2.24) is 10.6 Å². The molecule has 19 heavy (non-hydrogen) atoms. The predicted molar refractivity (Wildman–Crippen MR) is 73.1 cm³/mol.